The SMILES string of the molecule is Nc1nc(OCc2ccc(CNC(=O)CCOCCOCCOCCOCCOCCOCCOCCOCCOCCC(=O)ON3C(=O)CCC3=O)cc2)c2[nH]cnc2n1. The lowest BCUT2D eigenvalue weighted by molar-refractivity contribution is -0.198. The molecule has 0 aliphatic carbocycles. The van der Waals surface area contributed by atoms with Crippen LogP contribution < -0.4 is 15.8 Å². The highest BCUT2D eigenvalue weighted by Crippen LogP contribution is 2.21. The van der Waals surface area contributed by atoms with Gasteiger partial charge in [-0.2, -0.15) is 9.97 Å². The number of nitrogens with one attached hydrogen (secondary N) is 2. The van der Waals surface area contributed by atoms with E-state index in [9.17, 15) is 19.2 Å². The molecule has 4 rings (SSSR count). The third kappa shape index (κ3) is 21.0. The molecule has 61 heavy (non-hydrogen) atoms. The first-order valence-electron chi connectivity index (χ1n) is 20.1. The van der Waals surface area contributed by atoms with E-state index in [2.05, 4.69) is 25.3 Å². The Morgan fingerprint density at radius 3 is 1.56 bits per heavy atom. The lowest BCUT2D eigenvalue weighted by Crippen LogP contribution is -2.32. The van der Waals surface area contributed by atoms with E-state index in [0.717, 1.165) is 11.1 Å². The largest absolute Gasteiger partial charge is 0.471 e. The minimum Gasteiger partial charge on any atom is -0.471 e. The Kier molecular flexibility index (Phi) is 24.1. The van der Waals surface area contributed by atoms with E-state index in [1.807, 2.05) is 24.3 Å². The second-order valence-corrected chi connectivity index (χ2v) is 12.9. The van der Waals surface area contributed by atoms with Crippen LogP contribution >= 0.6 is 0 Å². The van der Waals surface area contributed by atoms with E-state index in [1.54, 1.807) is 0 Å². The Balaban J connectivity index is 0.801. The van der Waals surface area contributed by atoms with Gasteiger partial charge in [0.2, 0.25) is 17.7 Å². The summed E-state index contributed by atoms with van der Waals surface area (Å²) in [6.07, 6.45) is 1.77. The van der Waals surface area contributed by atoms with Gasteiger partial charge >= 0.3 is 5.97 Å². The molecule has 1 aliphatic rings. The number of benzene rings is 1. The topological polar surface area (TPSA) is 266 Å². The molecule has 3 amide bonds. The third-order valence-corrected chi connectivity index (χ3v) is 8.26. The number of H-pyrrole nitrogens is 1. The van der Waals surface area contributed by atoms with Gasteiger partial charge in [-0.3, -0.25) is 14.4 Å². The van der Waals surface area contributed by atoms with Crippen molar-refractivity contribution >= 4 is 40.8 Å². The quantitative estimate of drug-likeness (QED) is 0.0536. The number of aromatic amines is 1. The Labute approximate surface area is 353 Å². The Morgan fingerprint density at radius 2 is 1.07 bits per heavy atom. The first-order valence-corrected chi connectivity index (χ1v) is 20.1. The van der Waals surface area contributed by atoms with Crippen molar-refractivity contribution in [3.8, 4) is 5.88 Å². The molecule has 2 aromatic heterocycles. The monoisotopic (exact) mass is 863 g/mol. The number of hydrogen-bond acceptors (Lipinski definition) is 19. The zero-order chi connectivity index (χ0) is 43.2. The molecule has 0 bridgehead atoms. The molecule has 1 fully saturated rings. The summed E-state index contributed by atoms with van der Waals surface area (Å²) in [7, 11) is 0. The average molecular weight is 864 g/mol. The number of nitrogens with two attached hydrogens (primary N) is 1. The summed E-state index contributed by atoms with van der Waals surface area (Å²) in [6, 6.07) is 7.69. The molecule has 0 spiro atoms. The maximum absolute atomic E-state index is 12.2. The molecule has 0 radical (unpaired) electrons. The highest BCUT2D eigenvalue weighted by Gasteiger charge is 2.32. The summed E-state index contributed by atoms with van der Waals surface area (Å²) in [5.74, 6) is -1.43. The summed E-state index contributed by atoms with van der Waals surface area (Å²) in [4.78, 5) is 66.7. The maximum Gasteiger partial charge on any atom is 0.335 e. The number of anilines is 1. The molecule has 1 aliphatic heterocycles. The molecule has 338 valence electrons. The fraction of sp³-hybridized carbons (Fsp3) is 0.615. The summed E-state index contributed by atoms with van der Waals surface area (Å²) in [6.45, 7) is 7.60. The molecule has 3 heterocycles. The third-order valence-electron chi connectivity index (χ3n) is 8.26. The Morgan fingerprint density at radius 1 is 0.623 bits per heavy atom. The molecule has 1 aromatic carbocycles. The van der Waals surface area contributed by atoms with Crippen LogP contribution in [0.1, 0.15) is 36.8 Å². The second-order valence-electron chi connectivity index (χ2n) is 12.9. The van der Waals surface area contributed by atoms with Crippen LogP contribution in [-0.4, -0.2) is 168 Å². The van der Waals surface area contributed by atoms with E-state index in [4.69, 9.17) is 57.9 Å². The number of carbonyl (C=O) groups excluding carboxylic acids is 4. The second kappa shape index (κ2) is 30.2. The number of nitrogens with zero attached hydrogens (tertiary/aromatic N) is 4. The zero-order valence-corrected chi connectivity index (χ0v) is 34.3. The molecular formula is C39H57N7O15. The van der Waals surface area contributed by atoms with Gasteiger partial charge < -0.3 is 68.2 Å². The van der Waals surface area contributed by atoms with Crippen LogP contribution in [0.4, 0.5) is 5.95 Å². The standard InChI is InChI=1S/C39H57N7O15/c40-39-44-37-36(42-29-43-37)38(45-39)60-28-31-3-1-30(2-4-31)27-41-32(47)7-9-51-11-13-53-15-17-55-19-21-57-23-25-59-26-24-58-22-20-56-18-16-54-14-12-52-10-8-35(50)61-46-33(48)5-6-34(46)49/h1-4,29H,5-28H2,(H,41,47)(H3,40,42,43,44,45). The lowest BCUT2D eigenvalue weighted by Gasteiger charge is -2.12. The van der Waals surface area contributed by atoms with Crippen LogP contribution in [0.15, 0.2) is 30.6 Å². The Hall–Kier alpha value is -4.91. The highest BCUT2D eigenvalue weighted by atomic mass is 16.7. The van der Waals surface area contributed by atoms with Gasteiger partial charge in [0.15, 0.2) is 5.65 Å². The number of imide groups is 1. The lowest BCUT2D eigenvalue weighted by atomic mass is 10.1. The van der Waals surface area contributed by atoms with Crippen molar-refractivity contribution in [3.05, 3.63) is 41.7 Å². The van der Waals surface area contributed by atoms with Crippen LogP contribution in [-0.2, 0) is 79.8 Å². The molecule has 0 atom stereocenters. The summed E-state index contributed by atoms with van der Waals surface area (Å²) in [5.41, 5.74) is 8.63. The number of amides is 3. The van der Waals surface area contributed by atoms with Gasteiger partial charge in [-0.1, -0.05) is 24.3 Å². The van der Waals surface area contributed by atoms with Crippen molar-refractivity contribution in [2.75, 3.05) is 125 Å². The number of hydroxylamine groups is 2. The fourth-order valence-electron chi connectivity index (χ4n) is 5.11. The minimum absolute atomic E-state index is 0.0520. The number of carbonyl (C=O) groups is 4. The minimum atomic E-state index is -0.706. The van der Waals surface area contributed by atoms with E-state index < -0.39 is 17.8 Å². The number of hydrogen-bond donors (Lipinski definition) is 3. The number of rotatable bonds is 36. The van der Waals surface area contributed by atoms with Crippen molar-refractivity contribution < 1.29 is 71.4 Å². The predicted octanol–water partition coefficient (Wildman–Crippen LogP) is 0.667. The van der Waals surface area contributed by atoms with Gasteiger partial charge in [-0.25, -0.2) is 9.78 Å². The number of fused-ring (bicyclic) bond motifs is 1. The van der Waals surface area contributed by atoms with Crippen LogP contribution in [0.5, 0.6) is 5.88 Å². The average Bonchev–Trinajstić information content (AvgIpc) is 3.86. The number of imidazole rings is 1. The van der Waals surface area contributed by atoms with E-state index in [1.165, 1.54) is 6.33 Å². The van der Waals surface area contributed by atoms with Crippen molar-refractivity contribution in [2.24, 2.45) is 0 Å². The van der Waals surface area contributed by atoms with E-state index >= 15 is 0 Å². The van der Waals surface area contributed by atoms with Crippen molar-refractivity contribution in [1.82, 2.24) is 30.3 Å². The molecule has 0 saturated carbocycles. The molecule has 0 unspecified atom stereocenters. The molecule has 4 N–H and O–H groups in total. The number of aromatic nitrogens is 4. The van der Waals surface area contributed by atoms with Gasteiger partial charge in [-0.05, 0) is 11.1 Å². The van der Waals surface area contributed by atoms with E-state index in [-0.39, 0.29) is 57.4 Å². The number of nitrogen functional groups attached to an aromatic ring is 1. The number of ether oxygens (including phenoxy) is 10. The molecule has 22 nitrogen and oxygen atoms in total. The van der Waals surface area contributed by atoms with Crippen LogP contribution in [0.25, 0.3) is 11.2 Å². The predicted molar refractivity (Wildman–Crippen MR) is 213 cm³/mol. The van der Waals surface area contributed by atoms with Gasteiger partial charge in [0.05, 0.1) is 132 Å². The van der Waals surface area contributed by atoms with Gasteiger partial charge in [0, 0.05) is 25.8 Å². The van der Waals surface area contributed by atoms with Gasteiger partial charge in [0.1, 0.15) is 12.1 Å². The molecule has 1 saturated heterocycles. The molecule has 3 aromatic rings. The maximum atomic E-state index is 12.2. The Bertz CT molecular complexity index is 1700. The smallest absolute Gasteiger partial charge is 0.335 e. The van der Waals surface area contributed by atoms with Crippen molar-refractivity contribution in [1.29, 1.82) is 0 Å². The van der Waals surface area contributed by atoms with Gasteiger partial charge in [0.25, 0.3) is 11.8 Å². The van der Waals surface area contributed by atoms with Crippen LogP contribution in [0.2, 0.25) is 0 Å². The van der Waals surface area contributed by atoms with Crippen molar-refractivity contribution in [2.45, 2.75) is 38.8 Å². The van der Waals surface area contributed by atoms with Crippen LogP contribution in [0, 0.1) is 0 Å². The first-order chi connectivity index (χ1) is 29.9. The van der Waals surface area contributed by atoms with Crippen LogP contribution in [0.3, 0.4) is 0 Å². The molecule has 22 heteroatoms. The summed E-state index contributed by atoms with van der Waals surface area (Å²) < 4.78 is 54.8. The first kappa shape index (κ1) is 48.8. The summed E-state index contributed by atoms with van der Waals surface area (Å²) in [5, 5.41) is 3.41. The fourth-order valence-corrected chi connectivity index (χ4v) is 5.11. The summed E-state index contributed by atoms with van der Waals surface area (Å²) >= 11 is 0. The van der Waals surface area contributed by atoms with Crippen molar-refractivity contribution in [3.63, 3.8) is 0 Å². The normalized spacial score (nSPS) is 12.8. The van der Waals surface area contributed by atoms with E-state index in [0.29, 0.717) is 134 Å². The zero-order valence-electron chi connectivity index (χ0n) is 34.3. The van der Waals surface area contributed by atoms with Gasteiger partial charge in [-0.15, -0.1) is 5.06 Å². The highest BCUT2D eigenvalue weighted by molar-refractivity contribution is 6.01. The molecular weight excluding hydrogens is 806 g/mol.